The van der Waals surface area contributed by atoms with Crippen LogP contribution in [-0.4, -0.2) is 30.4 Å². The first-order valence-corrected chi connectivity index (χ1v) is 7.30. The predicted molar refractivity (Wildman–Crippen MR) is 75.9 cm³/mol. The van der Waals surface area contributed by atoms with Crippen molar-refractivity contribution < 1.29 is 4.79 Å². The normalized spacial score (nSPS) is 23.3. The smallest absolute Gasteiger partial charge is 0.234 e. The third-order valence-electron chi connectivity index (χ3n) is 4.66. The number of hydrogen-bond donors (Lipinski definition) is 1. The molecule has 0 bridgehead atoms. The van der Waals surface area contributed by atoms with Crippen LogP contribution in [0.2, 0.25) is 0 Å². The zero-order valence-corrected chi connectivity index (χ0v) is 11.6. The fourth-order valence-electron chi connectivity index (χ4n) is 3.62. The lowest BCUT2D eigenvalue weighted by atomic mass is 9.85. The average Bonchev–Trinajstić information content (AvgIpc) is 2.90. The van der Waals surface area contributed by atoms with Gasteiger partial charge in [-0.15, -0.1) is 0 Å². The van der Waals surface area contributed by atoms with Crippen LogP contribution < -0.4 is 5.32 Å². The SMILES string of the molecule is Cc1ccc(C2(N3CCNC(=O)C3)CCCC2)cc1. The minimum Gasteiger partial charge on any atom is -0.354 e. The highest BCUT2D eigenvalue weighted by Gasteiger charge is 2.42. The molecule has 1 amide bonds. The van der Waals surface area contributed by atoms with E-state index in [1.807, 2.05) is 0 Å². The fourth-order valence-corrected chi connectivity index (χ4v) is 3.62. The van der Waals surface area contributed by atoms with Gasteiger partial charge in [-0.05, 0) is 25.3 Å². The Bertz CT molecular complexity index is 460. The van der Waals surface area contributed by atoms with Gasteiger partial charge in [-0.1, -0.05) is 42.7 Å². The molecule has 1 aromatic rings. The monoisotopic (exact) mass is 258 g/mol. The van der Waals surface area contributed by atoms with Gasteiger partial charge in [0.2, 0.25) is 5.91 Å². The van der Waals surface area contributed by atoms with Gasteiger partial charge >= 0.3 is 0 Å². The summed E-state index contributed by atoms with van der Waals surface area (Å²) in [6.07, 6.45) is 4.91. The van der Waals surface area contributed by atoms with Crippen molar-refractivity contribution in [1.82, 2.24) is 10.2 Å². The van der Waals surface area contributed by atoms with Gasteiger partial charge < -0.3 is 5.32 Å². The largest absolute Gasteiger partial charge is 0.354 e. The number of nitrogens with one attached hydrogen (secondary N) is 1. The number of carbonyl (C=O) groups excluding carboxylic acids is 1. The van der Waals surface area contributed by atoms with E-state index >= 15 is 0 Å². The number of nitrogens with zero attached hydrogens (tertiary/aromatic N) is 1. The summed E-state index contributed by atoms with van der Waals surface area (Å²) < 4.78 is 0. The molecular formula is C16H22N2O. The quantitative estimate of drug-likeness (QED) is 0.882. The van der Waals surface area contributed by atoms with Gasteiger partial charge in [0.1, 0.15) is 0 Å². The molecule has 1 aromatic carbocycles. The Labute approximate surface area is 115 Å². The van der Waals surface area contributed by atoms with Crippen molar-refractivity contribution in [3.63, 3.8) is 0 Å². The van der Waals surface area contributed by atoms with Crippen molar-refractivity contribution in [2.75, 3.05) is 19.6 Å². The Morgan fingerprint density at radius 1 is 1.16 bits per heavy atom. The molecule has 102 valence electrons. The van der Waals surface area contributed by atoms with Gasteiger partial charge in [0.25, 0.3) is 0 Å². The maximum Gasteiger partial charge on any atom is 0.234 e. The van der Waals surface area contributed by atoms with Gasteiger partial charge in [0, 0.05) is 18.6 Å². The molecule has 2 aliphatic rings. The Morgan fingerprint density at radius 2 is 1.84 bits per heavy atom. The van der Waals surface area contributed by atoms with Gasteiger partial charge in [-0.25, -0.2) is 0 Å². The topological polar surface area (TPSA) is 32.3 Å². The van der Waals surface area contributed by atoms with Crippen molar-refractivity contribution in [2.24, 2.45) is 0 Å². The predicted octanol–water partition coefficient (Wildman–Crippen LogP) is 2.20. The number of benzene rings is 1. The second-order valence-electron chi connectivity index (χ2n) is 5.88. The molecule has 0 atom stereocenters. The Morgan fingerprint density at radius 3 is 2.47 bits per heavy atom. The lowest BCUT2D eigenvalue weighted by Crippen LogP contribution is -2.55. The molecule has 1 heterocycles. The molecule has 19 heavy (non-hydrogen) atoms. The van der Waals surface area contributed by atoms with Crippen molar-refractivity contribution in [3.05, 3.63) is 35.4 Å². The molecule has 3 nitrogen and oxygen atoms in total. The van der Waals surface area contributed by atoms with Crippen molar-refractivity contribution in [3.8, 4) is 0 Å². The number of hydrogen-bond acceptors (Lipinski definition) is 2. The van der Waals surface area contributed by atoms with Crippen molar-refractivity contribution in [1.29, 1.82) is 0 Å². The number of piperazine rings is 1. The van der Waals surface area contributed by atoms with Crippen LogP contribution in [0.1, 0.15) is 36.8 Å². The van der Waals surface area contributed by atoms with E-state index in [-0.39, 0.29) is 11.4 Å². The van der Waals surface area contributed by atoms with E-state index < -0.39 is 0 Å². The first-order valence-electron chi connectivity index (χ1n) is 7.30. The highest BCUT2D eigenvalue weighted by Crippen LogP contribution is 2.44. The zero-order valence-electron chi connectivity index (χ0n) is 11.6. The van der Waals surface area contributed by atoms with Crippen LogP contribution in [0.3, 0.4) is 0 Å². The molecule has 0 aromatic heterocycles. The molecule has 3 heteroatoms. The van der Waals surface area contributed by atoms with Crippen LogP contribution in [0, 0.1) is 6.92 Å². The van der Waals surface area contributed by atoms with Crippen LogP contribution in [0.5, 0.6) is 0 Å². The Balaban J connectivity index is 1.94. The van der Waals surface area contributed by atoms with Crippen molar-refractivity contribution >= 4 is 5.91 Å². The maximum absolute atomic E-state index is 11.7. The van der Waals surface area contributed by atoms with E-state index in [2.05, 4.69) is 41.4 Å². The van der Waals surface area contributed by atoms with Crippen LogP contribution in [0.25, 0.3) is 0 Å². The minimum atomic E-state index is 0.103. The molecule has 1 N–H and O–H groups in total. The third kappa shape index (κ3) is 2.27. The maximum atomic E-state index is 11.7. The first kappa shape index (κ1) is 12.7. The number of rotatable bonds is 2. The summed E-state index contributed by atoms with van der Waals surface area (Å²) >= 11 is 0. The van der Waals surface area contributed by atoms with Crippen LogP contribution in [0.4, 0.5) is 0 Å². The molecule has 0 spiro atoms. The number of carbonyl (C=O) groups is 1. The highest BCUT2D eigenvalue weighted by molar-refractivity contribution is 5.78. The van der Waals surface area contributed by atoms with E-state index in [1.165, 1.54) is 36.8 Å². The molecule has 1 saturated heterocycles. The summed E-state index contributed by atoms with van der Waals surface area (Å²) in [5, 5.41) is 2.93. The molecule has 1 saturated carbocycles. The van der Waals surface area contributed by atoms with Gasteiger partial charge in [0.15, 0.2) is 0 Å². The molecule has 0 radical (unpaired) electrons. The van der Waals surface area contributed by atoms with E-state index in [0.29, 0.717) is 6.54 Å². The summed E-state index contributed by atoms with van der Waals surface area (Å²) in [5.74, 6) is 0.171. The summed E-state index contributed by atoms with van der Waals surface area (Å²) in [6.45, 7) is 4.43. The van der Waals surface area contributed by atoms with Gasteiger partial charge in [0.05, 0.1) is 6.54 Å². The number of amides is 1. The van der Waals surface area contributed by atoms with Crippen LogP contribution >= 0.6 is 0 Å². The zero-order chi connectivity index (χ0) is 13.3. The molecule has 3 rings (SSSR count). The van der Waals surface area contributed by atoms with E-state index in [0.717, 1.165) is 13.1 Å². The lowest BCUT2D eigenvalue weighted by molar-refractivity contribution is -0.126. The standard InChI is InChI=1S/C16H22N2O/c1-13-4-6-14(7-5-13)16(8-2-3-9-16)18-11-10-17-15(19)12-18/h4-7H,2-3,8-12H2,1H3,(H,17,19). The Hall–Kier alpha value is -1.35. The molecule has 0 unspecified atom stereocenters. The van der Waals surface area contributed by atoms with E-state index in [1.54, 1.807) is 0 Å². The second-order valence-corrected chi connectivity index (χ2v) is 5.88. The summed E-state index contributed by atoms with van der Waals surface area (Å²) in [4.78, 5) is 14.1. The summed E-state index contributed by atoms with van der Waals surface area (Å²) in [6, 6.07) is 8.90. The molecule has 2 fully saturated rings. The molecule has 1 aliphatic carbocycles. The van der Waals surface area contributed by atoms with E-state index in [9.17, 15) is 4.79 Å². The summed E-state index contributed by atoms with van der Waals surface area (Å²) in [5.41, 5.74) is 2.80. The summed E-state index contributed by atoms with van der Waals surface area (Å²) in [7, 11) is 0. The Kier molecular flexibility index (Phi) is 3.31. The first-order chi connectivity index (χ1) is 9.21. The molecule has 1 aliphatic heterocycles. The molecular weight excluding hydrogens is 236 g/mol. The second kappa shape index (κ2) is 4.97. The van der Waals surface area contributed by atoms with Gasteiger partial charge in [-0.2, -0.15) is 0 Å². The van der Waals surface area contributed by atoms with Crippen LogP contribution in [0.15, 0.2) is 24.3 Å². The highest BCUT2D eigenvalue weighted by atomic mass is 16.2. The van der Waals surface area contributed by atoms with Crippen molar-refractivity contribution in [2.45, 2.75) is 38.1 Å². The lowest BCUT2D eigenvalue weighted by Gasteiger charge is -2.43. The fraction of sp³-hybridized carbons (Fsp3) is 0.562. The number of aryl methyl sites for hydroxylation is 1. The van der Waals surface area contributed by atoms with Gasteiger partial charge in [-0.3, -0.25) is 9.69 Å². The average molecular weight is 258 g/mol. The van der Waals surface area contributed by atoms with Crippen LogP contribution in [-0.2, 0) is 10.3 Å². The minimum absolute atomic E-state index is 0.103. The van der Waals surface area contributed by atoms with E-state index in [4.69, 9.17) is 0 Å². The third-order valence-corrected chi connectivity index (χ3v) is 4.66.